The van der Waals surface area contributed by atoms with Crippen LogP contribution < -0.4 is 0 Å². The first-order chi connectivity index (χ1) is 7.97. The van der Waals surface area contributed by atoms with Crippen LogP contribution in [0, 0.1) is 5.41 Å². The van der Waals surface area contributed by atoms with E-state index in [9.17, 15) is 4.79 Å². The van der Waals surface area contributed by atoms with Crippen LogP contribution in [0.25, 0.3) is 0 Å². The lowest BCUT2D eigenvalue weighted by Crippen LogP contribution is -2.47. The largest absolute Gasteiger partial charge is 0.456 e. The molecular weight excluding hydrogens is 214 g/mol. The van der Waals surface area contributed by atoms with E-state index in [1.807, 2.05) is 26.8 Å². The van der Waals surface area contributed by atoms with Gasteiger partial charge in [0.2, 0.25) is 0 Å². The van der Waals surface area contributed by atoms with Gasteiger partial charge in [0.15, 0.2) is 0 Å². The van der Waals surface area contributed by atoms with Gasteiger partial charge in [0.05, 0.1) is 5.41 Å². The molecule has 3 nitrogen and oxygen atoms in total. The zero-order valence-corrected chi connectivity index (χ0v) is 11.1. The average molecular weight is 237 g/mol. The Hall–Kier alpha value is -0.830. The van der Waals surface area contributed by atoms with Crippen molar-refractivity contribution in [2.45, 2.75) is 52.2 Å². The van der Waals surface area contributed by atoms with Crippen LogP contribution in [0.15, 0.2) is 12.2 Å². The molecule has 2 aliphatic rings. The van der Waals surface area contributed by atoms with Crippen molar-refractivity contribution in [1.82, 2.24) is 4.90 Å². The molecule has 0 saturated heterocycles. The van der Waals surface area contributed by atoms with E-state index in [0.717, 1.165) is 19.1 Å². The smallest absolute Gasteiger partial charge is 0.311 e. The number of ether oxygens (including phenoxy) is 1. The Morgan fingerprint density at radius 3 is 2.59 bits per heavy atom. The molecule has 0 amide bonds. The summed E-state index contributed by atoms with van der Waals surface area (Å²) in [6.45, 7) is 7.56. The summed E-state index contributed by atoms with van der Waals surface area (Å²) >= 11 is 0. The normalized spacial score (nSPS) is 26.6. The van der Waals surface area contributed by atoms with Crippen molar-refractivity contribution in [2.24, 2.45) is 5.41 Å². The Morgan fingerprint density at radius 2 is 2.06 bits per heavy atom. The molecule has 0 aromatic rings. The van der Waals surface area contributed by atoms with Crippen LogP contribution in [0.5, 0.6) is 0 Å². The van der Waals surface area contributed by atoms with Gasteiger partial charge < -0.3 is 4.74 Å². The van der Waals surface area contributed by atoms with E-state index >= 15 is 0 Å². The van der Waals surface area contributed by atoms with Crippen LogP contribution in [0.2, 0.25) is 0 Å². The summed E-state index contributed by atoms with van der Waals surface area (Å²) in [5, 5.41) is 0. The predicted octanol–water partition coefficient (Wildman–Crippen LogP) is 2.37. The Bertz CT molecular complexity index is 313. The minimum atomic E-state index is -0.410. The Morgan fingerprint density at radius 1 is 1.35 bits per heavy atom. The van der Waals surface area contributed by atoms with Gasteiger partial charge in [-0.3, -0.25) is 9.69 Å². The number of carbonyl (C=O) groups is 1. The van der Waals surface area contributed by atoms with Crippen LogP contribution >= 0.6 is 0 Å². The molecular formula is C14H23NO2. The van der Waals surface area contributed by atoms with Crippen molar-refractivity contribution in [3.8, 4) is 0 Å². The lowest BCUT2D eigenvalue weighted by molar-refractivity contribution is -0.157. The van der Waals surface area contributed by atoms with Crippen molar-refractivity contribution in [3.63, 3.8) is 0 Å². The van der Waals surface area contributed by atoms with E-state index in [2.05, 4.69) is 11.0 Å². The van der Waals surface area contributed by atoms with Crippen LogP contribution in [0.3, 0.4) is 0 Å². The molecule has 0 spiro atoms. The lowest BCUT2D eigenvalue weighted by Gasteiger charge is -2.40. The fraction of sp³-hybridized carbons (Fsp3) is 0.786. The van der Waals surface area contributed by atoms with Crippen LogP contribution in [-0.2, 0) is 9.53 Å². The van der Waals surface area contributed by atoms with E-state index < -0.39 is 5.41 Å². The van der Waals surface area contributed by atoms with Crippen LogP contribution in [-0.4, -0.2) is 36.1 Å². The highest BCUT2D eigenvalue weighted by atomic mass is 16.5. The number of nitrogens with zero attached hydrogens (tertiary/aromatic N) is 1. The third-order valence-electron chi connectivity index (χ3n) is 3.57. The molecule has 1 aliphatic heterocycles. The number of esters is 1. The number of carbonyl (C=O) groups excluding carboxylic acids is 1. The summed E-state index contributed by atoms with van der Waals surface area (Å²) in [5.74, 6) is -0.109. The summed E-state index contributed by atoms with van der Waals surface area (Å²) in [6, 6.07) is 0.718. The molecule has 1 atom stereocenters. The number of hydrogen-bond donors (Lipinski definition) is 0. The van der Waals surface area contributed by atoms with Gasteiger partial charge in [-0.1, -0.05) is 12.5 Å². The summed E-state index contributed by atoms with van der Waals surface area (Å²) in [4.78, 5) is 14.3. The monoisotopic (exact) mass is 237 g/mol. The van der Waals surface area contributed by atoms with Gasteiger partial charge >= 0.3 is 5.97 Å². The third kappa shape index (κ3) is 3.09. The molecule has 0 bridgehead atoms. The van der Waals surface area contributed by atoms with Crippen molar-refractivity contribution in [2.75, 3.05) is 13.1 Å². The van der Waals surface area contributed by atoms with Gasteiger partial charge in [-0.05, 0) is 39.7 Å². The van der Waals surface area contributed by atoms with E-state index in [0.29, 0.717) is 0 Å². The number of rotatable bonds is 2. The second-order valence-corrected chi connectivity index (χ2v) is 6.16. The quantitative estimate of drug-likeness (QED) is 0.545. The molecule has 0 unspecified atom stereocenters. The van der Waals surface area contributed by atoms with Crippen molar-refractivity contribution in [1.29, 1.82) is 0 Å². The van der Waals surface area contributed by atoms with E-state index in [1.54, 1.807) is 0 Å². The first kappa shape index (κ1) is 12.6. The van der Waals surface area contributed by atoms with Gasteiger partial charge in [-0.15, -0.1) is 0 Å². The van der Waals surface area contributed by atoms with Gasteiger partial charge in [0.1, 0.15) is 6.10 Å². The SMILES string of the molecule is CC(C)(C)C(=O)O[C@H]1C=CCN(C2CCC2)C1. The molecule has 17 heavy (non-hydrogen) atoms. The molecule has 0 radical (unpaired) electrons. The summed E-state index contributed by atoms with van der Waals surface area (Å²) in [6.07, 6.45) is 8.04. The van der Waals surface area contributed by atoms with Crippen LogP contribution in [0.1, 0.15) is 40.0 Å². The maximum atomic E-state index is 11.8. The fourth-order valence-electron chi connectivity index (χ4n) is 2.16. The van der Waals surface area contributed by atoms with Gasteiger partial charge in [-0.2, -0.15) is 0 Å². The molecule has 2 rings (SSSR count). The standard InChI is InChI=1S/C14H23NO2/c1-14(2,3)13(16)17-12-8-5-9-15(10-12)11-6-4-7-11/h5,8,11-12H,4,6-7,9-10H2,1-3H3/t12-/m0/s1. The minimum absolute atomic E-state index is 0.0592. The molecule has 1 aliphatic carbocycles. The predicted molar refractivity (Wildman–Crippen MR) is 67.7 cm³/mol. The third-order valence-corrected chi connectivity index (χ3v) is 3.57. The molecule has 1 fully saturated rings. The van der Waals surface area contributed by atoms with E-state index in [4.69, 9.17) is 4.74 Å². The summed E-state index contributed by atoms with van der Waals surface area (Å²) < 4.78 is 5.54. The molecule has 1 saturated carbocycles. The highest BCUT2D eigenvalue weighted by Gasteiger charge is 2.31. The lowest BCUT2D eigenvalue weighted by atomic mass is 9.90. The highest BCUT2D eigenvalue weighted by Crippen LogP contribution is 2.27. The summed E-state index contributed by atoms with van der Waals surface area (Å²) in [7, 11) is 0. The Kier molecular flexibility index (Phi) is 3.57. The molecule has 0 aromatic heterocycles. The summed E-state index contributed by atoms with van der Waals surface area (Å²) in [5.41, 5.74) is -0.410. The first-order valence-corrected chi connectivity index (χ1v) is 6.58. The minimum Gasteiger partial charge on any atom is -0.456 e. The van der Waals surface area contributed by atoms with Crippen molar-refractivity contribution >= 4 is 5.97 Å². The molecule has 0 N–H and O–H groups in total. The zero-order valence-electron chi connectivity index (χ0n) is 11.1. The first-order valence-electron chi connectivity index (χ1n) is 6.58. The average Bonchev–Trinajstić information content (AvgIpc) is 2.13. The van der Waals surface area contributed by atoms with Crippen molar-refractivity contribution in [3.05, 3.63) is 12.2 Å². The Balaban J connectivity index is 1.87. The van der Waals surface area contributed by atoms with E-state index in [1.165, 1.54) is 19.3 Å². The van der Waals surface area contributed by atoms with Crippen LogP contribution in [0.4, 0.5) is 0 Å². The molecule has 0 aromatic carbocycles. The second-order valence-electron chi connectivity index (χ2n) is 6.16. The number of hydrogen-bond acceptors (Lipinski definition) is 3. The molecule has 96 valence electrons. The highest BCUT2D eigenvalue weighted by molar-refractivity contribution is 5.75. The van der Waals surface area contributed by atoms with Crippen molar-refractivity contribution < 1.29 is 9.53 Å². The van der Waals surface area contributed by atoms with E-state index in [-0.39, 0.29) is 12.1 Å². The second kappa shape index (κ2) is 4.81. The fourth-order valence-corrected chi connectivity index (χ4v) is 2.16. The molecule has 3 heteroatoms. The maximum absolute atomic E-state index is 11.8. The van der Waals surface area contributed by atoms with Gasteiger partial charge in [0.25, 0.3) is 0 Å². The molecule has 1 heterocycles. The Labute approximate surface area is 104 Å². The zero-order chi connectivity index (χ0) is 12.5. The maximum Gasteiger partial charge on any atom is 0.311 e. The topological polar surface area (TPSA) is 29.5 Å². The van der Waals surface area contributed by atoms with Gasteiger partial charge in [0, 0.05) is 19.1 Å². The van der Waals surface area contributed by atoms with Gasteiger partial charge in [-0.25, -0.2) is 0 Å².